The Morgan fingerprint density at radius 1 is 1.21 bits per heavy atom. The van der Waals surface area contributed by atoms with E-state index >= 15 is 4.39 Å². The molecule has 6 unspecified atom stereocenters. The largest absolute Gasteiger partial charge is 0.460 e. The maximum atomic E-state index is 15.0. The van der Waals surface area contributed by atoms with E-state index < -0.39 is 42.2 Å². The number of amides is 2. The third-order valence-electron chi connectivity index (χ3n) is 7.33. The highest BCUT2D eigenvalue weighted by atomic mass is 19.1. The van der Waals surface area contributed by atoms with Gasteiger partial charge in [0.25, 0.3) is 5.91 Å². The number of cyclic esters (lactones) is 1. The molecule has 1 fully saturated rings. The maximum absolute atomic E-state index is 15.0. The van der Waals surface area contributed by atoms with Gasteiger partial charge in [-0.2, -0.15) is 0 Å². The smallest absolute Gasteiger partial charge is 0.329 e. The summed E-state index contributed by atoms with van der Waals surface area (Å²) in [6.45, 7) is 9.82. The Morgan fingerprint density at radius 3 is 2.67 bits per heavy atom. The van der Waals surface area contributed by atoms with Gasteiger partial charge in [0.05, 0.1) is 12.3 Å². The molecule has 214 valence electrons. The van der Waals surface area contributed by atoms with Crippen LogP contribution in [0.1, 0.15) is 63.8 Å². The fourth-order valence-corrected chi connectivity index (χ4v) is 4.92. The Kier molecular flexibility index (Phi) is 10.6. The second-order valence-corrected chi connectivity index (χ2v) is 10.9. The van der Waals surface area contributed by atoms with Crippen LogP contribution in [0.25, 0.3) is 0 Å². The van der Waals surface area contributed by atoms with E-state index in [0.29, 0.717) is 25.2 Å². The summed E-state index contributed by atoms with van der Waals surface area (Å²) in [5.74, 6) is -1.86. The third-order valence-corrected chi connectivity index (χ3v) is 7.33. The van der Waals surface area contributed by atoms with Gasteiger partial charge in [-0.3, -0.25) is 9.59 Å². The minimum Gasteiger partial charge on any atom is -0.460 e. The molecule has 1 saturated heterocycles. The Balaban J connectivity index is 1.88. The number of nitrogens with zero attached hydrogens (tertiary/aromatic N) is 2. The fourth-order valence-electron chi connectivity index (χ4n) is 4.92. The lowest BCUT2D eigenvalue weighted by Crippen LogP contribution is -2.44. The molecular weight excluding hydrogens is 503 g/mol. The zero-order chi connectivity index (χ0) is 28.7. The van der Waals surface area contributed by atoms with Gasteiger partial charge in [0.2, 0.25) is 5.91 Å². The molecule has 2 bridgehead atoms. The molecule has 0 saturated carbocycles. The summed E-state index contributed by atoms with van der Waals surface area (Å²) in [6.07, 6.45) is 7.64. The predicted octanol–water partition coefficient (Wildman–Crippen LogP) is 3.28. The van der Waals surface area contributed by atoms with Crippen LogP contribution in [0, 0.1) is 17.8 Å². The molecule has 2 amide bonds. The van der Waals surface area contributed by atoms with Gasteiger partial charge in [0.15, 0.2) is 0 Å². The number of carbonyl (C=O) groups excluding carboxylic acids is 3. The molecule has 2 aliphatic heterocycles. The van der Waals surface area contributed by atoms with Crippen LogP contribution in [0.2, 0.25) is 0 Å². The summed E-state index contributed by atoms with van der Waals surface area (Å²) in [4.78, 5) is 47.3. The van der Waals surface area contributed by atoms with Crippen LogP contribution in [0.15, 0.2) is 42.2 Å². The normalized spacial score (nSPS) is 33.1. The van der Waals surface area contributed by atoms with Gasteiger partial charge in [-0.05, 0) is 31.8 Å². The van der Waals surface area contributed by atoms with Crippen molar-refractivity contribution in [2.45, 2.75) is 78.3 Å². The second kappa shape index (κ2) is 13.7. The molecule has 3 heterocycles. The summed E-state index contributed by atoms with van der Waals surface area (Å²) in [7, 11) is 0. The van der Waals surface area contributed by atoms with E-state index in [-0.39, 0.29) is 36.4 Å². The number of allylic oxidation sites excluding steroid dienone is 2. The number of aromatic amines is 1. The van der Waals surface area contributed by atoms with E-state index in [1.165, 1.54) is 17.2 Å². The van der Waals surface area contributed by atoms with Crippen molar-refractivity contribution in [1.29, 1.82) is 0 Å². The average Bonchev–Trinajstić information content (AvgIpc) is 3.56. The SMILES string of the molecule is CC1=C\C(O)C(C)C(F)Cc2ncc([nH]2)C(=O)N2CCCC2C(=O)OC(C(C)C)C(C)/C=C/C(=O)NC\C=C\1. The highest BCUT2D eigenvalue weighted by Gasteiger charge is 2.38. The van der Waals surface area contributed by atoms with Crippen LogP contribution in [0.5, 0.6) is 0 Å². The van der Waals surface area contributed by atoms with E-state index in [2.05, 4.69) is 15.3 Å². The van der Waals surface area contributed by atoms with E-state index in [1.54, 1.807) is 38.2 Å². The molecule has 3 N–H and O–H groups in total. The Hall–Kier alpha value is -3.27. The first-order valence-electron chi connectivity index (χ1n) is 13.7. The molecule has 1 aromatic heterocycles. The van der Waals surface area contributed by atoms with Crippen LogP contribution >= 0.6 is 0 Å². The van der Waals surface area contributed by atoms with Crippen LogP contribution in [0.4, 0.5) is 4.39 Å². The first-order valence-corrected chi connectivity index (χ1v) is 13.7. The number of rotatable bonds is 1. The van der Waals surface area contributed by atoms with Gasteiger partial charge in [-0.25, -0.2) is 14.2 Å². The summed E-state index contributed by atoms with van der Waals surface area (Å²) < 4.78 is 20.9. The van der Waals surface area contributed by atoms with Gasteiger partial charge in [0, 0.05) is 31.3 Å². The molecule has 2 aliphatic rings. The van der Waals surface area contributed by atoms with E-state index in [1.807, 2.05) is 20.8 Å². The monoisotopic (exact) mass is 544 g/mol. The number of nitrogens with one attached hydrogen (secondary N) is 2. The predicted molar refractivity (Wildman–Crippen MR) is 145 cm³/mol. The summed E-state index contributed by atoms with van der Waals surface area (Å²) in [5, 5.41) is 13.3. The average molecular weight is 545 g/mol. The van der Waals surface area contributed by atoms with Crippen molar-refractivity contribution < 1.29 is 28.6 Å². The lowest BCUT2D eigenvalue weighted by molar-refractivity contribution is -0.158. The van der Waals surface area contributed by atoms with Gasteiger partial charge in [0.1, 0.15) is 29.8 Å². The number of alkyl halides is 1. The van der Waals surface area contributed by atoms with Crippen molar-refractivity contribution in [2.24, 2.45) is 17.8 Å². The van der Waals surface area contributed by atoms with Crippen LogP contribution in [0.3, 0.4) is 0 Å². The van der Waals surface area contributed by atoms with Gasteiger partial charge in [-0.1, -0.05) is 57.6 Å². The molecular formula is C29H41FN4O5. The number of aromatic nitrogens is 2. The zero-order valence-corrected chi connectivity index (χ0v) is 23.4. The fraction of sp³-hybridized carbons (Fsp3) is 0.586. The minimum atomic E-state index is -1.42. The van der Waals surface area contributed by atoms with E-state index in [4.69, 9.17) is 4.74 Å². The zero-order valence-electron chi connectivity index (χ0n) is 23.4. The molecule has 0 spiro atoms. The Labute approximate surface area is 229 Å². The molecule has 39 heavy (non-hydrogen) atoms. The number of hydrogen-bond donors (Lipinski definition) is 3. The highest BCUT2D eigenvalue weighted by molar-refractivity contribution is 5.95. The molecule has 1 aromatic rings. The van der Waals surface area contributed by atoms with Gasteiger partial charge in [-0.15, -0.1) is 0 Å². The van der Waals surface area contributed by atoms with Crippen LogP contribution in [-0.2, 0) is 20.7 Å². The lowest BCUT2D eigenvalue weighted by atomic mass is 9.94. The number of imidazole rings is 1. The van der Waals surface area contributed by atoms with Crippen molar-refractivity contribution in [1.82, 2.24) is 20.2 Å². The molecule has 6 atom stereocenters. The topological polar surface area (TPSA) is 125 Å². The summed E-state index contributed by atoms with van der Waals surface area (Å²) >= 11 is 0. The number of fused-ring (bicyclic) bond motifs is 3. The molecule has 0 radical (unpaired) electrons. The number of hydrogen-bond acceptors (Lipinski definition) is 6. The maximum Gasteiger partial charge on any atom is 0.329 e. The molecule has 10 heteroatoms. The molecule has 9 nitrogen and oxygen atoms in total. The quantitative estimate of drug-likeness (QED) is 0.466. The number of esters is 1. The molecule has 0 aliphatic carbocycles. The van der Waals surface area contributed by atoms with Crippen LogP contribution in [-0.4, -0.2) is 75.3 Å². The number of H-pyrrole nitrogens is 1. The van der Waals surface area contributed by atoms with Gasteiger partial charge < -0.3 is 25.0 Å². The minimum absolute atomic E-state index is 0.0176. The standard InChI is InChI=1S/C29H41FN4O5/c1-17(2)27-19(4)10-11-26(36)31-12-6-8-18(3)14-24(35)20(5)21(30)15-25-32-16-22(33-25)28(37)34-13-7-9-23(34)29(38)39-27/h6,8,10-11,14,16-17,19-21,23-24,27,35H,7,9,12-13,15H2,1-5H3,(H,31,36)(H,32,33)/b8-6+,11-10+,18-14+. The third kappa shape index (κ3) is 8.11. The second-order valence-electron chi connectivity index (χ2n) is 10.9. The number of aliphatic hydroxyl groups excluding tert-OH is 1. The van der Waals surface area contributed by atoms with E-state index in [0.717, 1.165) is 5.57 Å². The lowest BCUT2D eigenvalue weighted by Gasteiger charge is -2.29. The van der Waals surface area contributed by atoms with Crippen molar-refractivity contribution in [3.63, 3.8) is 0 Å². The first kappa shape index (κ1) is 30.3. The van der Waals surface area contributed by atoms with Crippen molar-refractivity contribution in [3.05, 3.63) is 53.7 Å². The first-order chi connectivity index (χ1) is 18.5. The summed E-state index contributed by atoms with van der Waals surface area (Å²) in [6, 6.07) is -0.738. The summed E-state index contributed by atoms with van der Waals surface area (Å²) in [5.41, 5.74) is 0.901. The number of halogens is 1. The van der Waals surface area contributed by atoms with Gasteiger partial charge >= 0.3 is 5.97 Å². The number of aliphatic hydroxyl groups is 1. The molecule has 3 rings (SSSR count). The van der Waals surface area contributed by atoms with Crippen molar-refractivity contribution in [3.8, 4) is 0 Å². The van der Waals surface area contributed by atoms with E-state index in [9.17, 15) is 19.5 Å². The number of ether oxygens (including phenoxy) is 1. The Morgan fingerprint density at radius 2 is 1.95 bits per heavy atom. The van der Waals surface area contributed by atoms with Crippen LogP contribution < -0.4 is 5.32 Å². The Bertz CT molecular complexity index is 1110. The number of carbonyl (C=O) groups is 3. The van der Waals surface area contributed by atoms with Crippen molar-refractivity contribution in [2.75, 3.05) is 13.1 Å². The van der Waals surface area contributed by atoms with Crippen molar-refractivity contribution >= 4 is 17.8 Å². The molecule has 0 aromatic carbocycles. The highest BCUT2D eigenvalue weighted by Crippen LogP contribution is 2.25.